The molecule has 0 saturated carbocycles. The smallest absolute Gasteiger partial charge is 0.292 e. The molecule has 1 amide bonds. The van der Waals surface area contributed by atoms with E-state index in [9.17, 15) is 22.4 Å². The van der Waals surface area contributed by atoms with Crippen molar-refractivity contribution in [3.05, 3.63) is 83.2 Å². The number of aromatic nitrogens is 5. The molecule has 1 aliphatic rings. The molecule has 0 unspecified atom stereocenters. The maximum Gasteiger partial charge on any atom is 0.292 e. The van der Waals surface area contributed by atoms with Crippen molar-refractivity contribution in [2.45, 2.75) is 18.9 Å². The third-order valence-corrected chi connectivity index (χ3v) is 5.80. The standard InChI is InChI=1S/C23H14F4N6O3/c24-10-4-5-14(28-8-10)21-32-16(20(26)27)19(36-21)23(34)33-7-6-12-15(30-9-29-12)17(33)22-31-13-3-1-2-11(25)18(13)35-22/h1-5,8-9,17,20H,6-7H2,(H,29,30)/t17-/m0/s1. The number of H-pyrrole nitrogens is 1. The van der Waals surface area contributed by atoms with E-state index in [2.05, 4.69) is 24.9 Å². The average molecular weight is 498 g/mol. The summed E-state index contributed by atoms with van der Waals surface area (Å²) in [6.07, 6.45) is -0.525. The minimum absolute atomic E-state index is 0.0310. The lowest BCUT2D eigenvalue weighted by molar-refractivity contribution is 0.0621. The Bertz CT molecular complexity index is 1590. The monoisotopic (exact) mass is 498 g/mol. The lowest BCUT2D eigenvalue weighted by Crippen LogP contribution is -2.41. The van der Waals surface area contributed by atoms with Crippen LogP contribution in [-0.2, 0) is 6.42 Å². The van der Waals surface area contributed by atoms with Crippen molar-refractivity contribution in [3.8, 4) is 11.6 Å². The third kappa shape index (κ3) is 3.51. The number of amides is 1. The molecule has 0 bridgehead atoms. The quantitative estimate of drug-likeness (QED) is 0.360. The van der Waals surface area contributed by atoms with Crippen LogP contribution in [0.25, 0.3) is 22.7 Å². The average Bonchev–Trinajstić information content (AvgIpc) is 3.61. The number of alkyl halides is 2. The van der Waals surface area contributed by atoms with Gasteiger partial charge in [-0.15, -0.1) is 0 Å². The number of nitrogens with zero attached hydrogens (tertiary/aromatic N) is 5. The molecule has 1 aromatic carbocycles. The number of aromatic amines is 1. The zero-order chi connectivity index (χ0) is 25.0. The Labute approximate surface area is 198 Å². The zero-order valence-corrected chi connectivity index (χ0v) is 18.1. The second-order valence-electron chi connectivity index (χ2n) is 7.95. The third-order valence-electron chi connectivity index (χ3n) is 5.80. The van der Waals surface area contributed by atoms with Crippen molar-refractivity contribution in [1.82, 2.24) is 29.8 Å². The molecule has 13 heteroatoms. The molecule has 36 heavy (non-hydrogen) atoms. The van der Waals surface area contributed by atoms with Crippen molar-refractivity contribution < 1.29 is 31.2 Å². The van der Waals surface area contributed by atoms with Gasteiger partial charge in [-0.2, -0.15) is 0 Å². The Morgan fingerprint density at radius 2 is 1.97 bits per heavy atom. The van der Waals surface area contributed by atoms with Gasteiger partial charge < -0.3 is 18.7 Å². The van der Waals surface area contributed by atoms with Crippen LogP contribution in [0.15, 0.2) is 51.7 Å². The normalized spacial score (nSPS) is 15.6. The van der Waals surface area contributed by atoms with Crippen molar-refractivity contribution in [1.29, 1.82) is 0 Å². The van der Waals surface area contributed by atoms with Gasteiger partial charge in [0.1, 0.15) is 17.0 Å². The van der Waals surface area contributed by atoms with Crippen molar-refractivity contribution >= 4 is 17.0 Å². The van der Waals surface area contributed by atoms with Crippen LogP contribution in [0.5, 0.6) is 0 Å². The van der Waals surface area contributed by atoms with E-state index in [1.807, 2.05) is 0 Å². The molecule has 5 heterocycles. The van der Waals surface area contributed by atoms with E-state index in [4.69, 9.17) is 8.83 Å². The number of carbonyl (C=O) groups is 1. The SMILES string of the molecule is O=C(c1oc(-c2ccc(F)cn2)nc1C(F)F)N1CCc2[nH]cnc2[C@H]1c1nc2cccc(F)c2o1. The van der Waals surface area contributed by atoms with Crippen LogP contribution in [0.3, 0.4) is 0 Å². The summed E-state index contributed by atoms with van der Waals surface area (Å²) in [5, 5.41) is 0. The maximum absolute atomic E-state index is 14.3. The van der Waals surface area contributed by atoms with Gasteiger partial charge in [-0.05, 0) is 24.3 Å². The van der Waals surface area contributed by atoms with Gasteiger partial charge in [-0.25, -0.2) is 37.5 Å². The molecule has 1 atom stereocenters. The van der Waals surface area contributed by atoms with Crippen LogP contribution in [0.1, 0.15) is 46.0 Å². The van der Waals surface area contributed by atoms with Gasteiger partial charge in [0.05, 0.1) is 18.2 Å². The molecule has 182 valence electrons. The molecule has 1 aliphatic heterocycles. The predicted molar refractivity (Wildman–Crippen MR) is 114 cm³/mol. The molecule has 0 aliphatic carbocycles. The highest BCUT2D eigenvalue weighted by atomic mass is 19.3. The van der Waals surface area contributed by atoms with Gasteiger partial charge >= 0.3 is 0 Å². The summed E-state index contributed by atoms with van der Waals surface area (Å²) in [6.45, 7) is 0.0629. The number of fused-ring (bicyclic) bond motifs is 2. The van der Waals surface area contributed by atoms with Gasteiger partial charge in [-0.1, -0.05) is 6.07 Å². The molecular formula is C23H14F4N6O3. The summed E-state index contributed by atoms with van der Waals surface area (Å²) in [7, 11) is 0. The molecule has 5 aromatic rings. The lowest BCUT2D eigenvalue weighted by atomic mass is 10.0. The number of imidazole rings is 1. The van der Waals surface area contributed by atoms with Crippen molar-refractivity contribution in [2.75, 3.05) is 6.54 Å². The molecule has 0 saturated heterocycles. The fraction of sp³-hybridized carbons (Fsp3) is 0.174. The number of pyridine rings is 1. The van der Waals surface area contributed by atoms with Crippen LogP contribution in [0.4, 0.5) is 17.6 Å². The first-order valence-electron chi connectivity index (χ1n) is 10.7. The first kappa shape index (κ1) is 21.9. The number of hydrogen-bond donors (Lipinski definition) is 1. The molecule has 1 N–H and O–H groups in total. The Kier molecular flexibility index (Phi) is 5.05. The second-order valence-corrected chi connectivity index (χ2v) is 7.95. The Morgan fingerprint density at radius 3 is 2.72 bits per heavy atom. The van der Waals surface area contributed by atoms with Crippen LogP contribution in [-0.4, -0.2) is 42.3 Å². The summed E-state index contributed by atoms with van der Waals surface area (Å²) < 4.78 is 66.4. The van der Waals surface area contributed by atoms with Crippen LogP contribution >= 0.6 is 0 Å². The van der Waals surface area contributed by atoms with E-state index in [1.165, 1.54) is 29.4 Å². The highest BCUT2D eigenvalue weighted by Crippen LogP contribution is 2.37. The van der Waals surface area contributed by atoms with E-state index in [0.717, 1.165) is 12.3 Å². The highest BCUT2D eigenvalue weighted by Gasteiger charge is 2.41. The van der Waals surface area contributed by atoms with Crippen LogP contribution in [0.2, 0.25) is 0 Å². The number of carbonyl (C=O) groups excluding carboxylic acids is 1. The largest absolute Gasteiger partial charge is 0.435 e. The number of hydrogen-bond acceptors (Lipinski definition) is 7. The van der Waals surface area contributed by atoms with Crippen molar-refractivity contribution in [3.63, 3.8) is 0 Å². The van der Waals surface area contributed by atoms with Crippen LogP contribution in [0, 0.1) is 11.6 Å². The van der Waals surface area contributed by atoms with E-state index >= 15 is 0 Å². The molecular weight excluding hydrogens is 484 g/mol. The summed E-state index contributed by atoms with van der Waals surface area (Å²) in [5.41, 5.74) is 0.250. The molecule has 0 spiro atoms. The number of rotatable bonds is 4. The Balaban J connectivity index is 1.45. The number of benzene rings is 1. The molecule has 6 rings (SSSR count). The molecule has 4 aromatic heterocycles. The summed E-state index contributed by atoms with van der Waals surface area (Å²) in [6, 6.07) is 5.40. The van der Waals surface area contributed by atoms with Gasteiger partial charge in [0, 0.05) is 18.7 Å². The maximum atomic E-state index is 14.3. The summed E-state index contributed by atoms with van der Waals surface area (Å²) in [4.78, 5) is 33.9. The summed E-state index contributed by atoms with van der Waals surface area (Å²) in [5.74, 6) is -3.34. The number of para-hydroxylation sites is 1. The topological polar surface area (TPSA) is 114 Å². The second kappa shape index (κ2) is 8.29. The van der Waals surface area contributed by atoms with Gasteiger partial charge in [-0.3, -0.25) is 4.79 Å². The van der Waals surface area contributed by atoms with E-state index in [0.29, 0.717) is 17.8 Å². The van der Waals surface area contributed by atoms with Gasteiger partial charge in [0.25, 0.3) is 12.3 Å². The predicted octanol–water partition coefficient (Wildman–Crippen LogP) is 4.60. The minimum Gasteiger partial charge on any atom is -0.435 e. The van der Waals surface area contributed by atoms with Crippen molar-refractivity contribution in [2.24, 2.45) is 0 Å². The molecule has 0 radical (unpaired) electrons. The number of oxazole rings is 2. The highest BCUT2D eigenvalue weighted by molar-refractivity contribution is 5.93. The fourth-order valence-electron chi connectivity index (χ4n) is 4.17. The van der Waals surface area contributed by atoms with Crippen LogP contribution < -0.4 is 0 Å². The number of halogens is 4. The fourth-order valence-corrected chi connectivity index (χ4v) is 4.17. The van der Waals surface area contributed by atoms with E-state index in [1.54, 1.807) is 6.07 Å². The first-order chi connectivity index (χ1) is 17.4. The summed E-state index contributed by atoms with van der Waals surface area (Å²) >= 11 is 0. The lowest BCUT2D eigenvalue weighted by Gasteiger charge is -2.32. The number of nitrogens with one attached hydrogen (secondary N) is 1. The molecule has 0 fully saturated rings. The van der Waals surface area contributed by atoms with Gasteiger partial charge in [0.15, 0.2) is 23.1 Å². The first-order valence-corrected chi connectivity index (χ1v) is 10.7. The van der Waals surface area contributed by atoms with Gasteiger partial charge in [0.2, 0.25) is 17.5 Å². The minimum atomic E-state index is -3.15. The van der Waals surface area contributed by atoms with E-state index in [-0.39, 0.29) is 35.1 Å². The molecule has 9 nitrogen and oxygen atoms in total. The zero-order valence-electron chi connectivity index (χ0n) is 18.1. The Morgan fingerprint density at radius 1 is 1.11 bits per heavy atom. The van der Waals surface area contributed by atoms with E-state index < -0.39 is 41.5 Å². The Hall–Kier alpha value is -4.55.